The first kappa shape index (κ1) is 20.2. The van der Waals surface area contributed by atoms with Crippen molar-refractivity contribution in [1.82, 2.24) is 14.7 Å². The Bertz CT molecular complexity index is 1010. The van der Waals surface area contributed by atoms with Crippen molar-refractivity contribution in [2.75, 3.05) is 32.7 Å². The maximum absolute atomic E-state index is 14.0. The third kappa shape index (κ3) is 3.97. The van der Waals surface area contributed by atoms with Crippen molar-refractivity contribution in [2.45, 2.75) is 38.3 Å². The van der Waals surface area contributed by atoms with Crippen LogP contribution in [-0.4, -0.2) is 65.3 Å². The van der Waals surface area contributed by atoms with E-state index in [1.165, 1.54) is 31.4 Å². The number of piperazine rings is 1. The summed E-state index contributed by atoms with van der Waals surface area (Å²) in [4.78, 5) is 32.1. The molecule has 1 unspecified atom stereocenters. The Morgan fingerprint density at radius 3 is 2.61 bits per heavy atom. The van der Waals surface area contributed by atoms with Gasteiger partial charge in [0.15, 0.2) is 0 Å². The third-order valence-corrected chi connectivity index (χ3v) is 6.98. The van der Waals surface area contributed by atoms with E-state index in [1.807, 2.05) is 23.1 Å². The van der Waals surface area contributed by atoms with Gasteiger partial charge >= 0.3 is 0 Å². The Hall–Kier alpha value is -2.73. The number of piperidine rings is 1. The van der Waals surface area contributed by atoms with Crippen molar-refractivity contribution >= 4 is 11.8 Å². The van der Waals surface area contributed by atoms with Gasteiger partial charge in [0.05, 0.1) is 5.56 Å². The Labute approximate surface area is 182 Å². The molecule has 3 aliphatic heterocycles. The molecule has 0 aliphatic carbocycles. The zero-order valence-corrected chi connectivity index (χ0v) is 17.7. The molecule has 2 aromatic carbocycles. The quantitative estimate of drug-likeness (QED) is 0.747. The van der Waals surface area contributed by atoms with Crippen LogP contribution in [0.5, 0.6) is 0 Å². The summed E-state index contributed by atoms with van der Waals surface area (Å²) in [6.07, 6.45) is 4.38. The highest BCUT2D eigenvalue weighted by atomic mass is 19.1. The van der Waals surface area contributed by atoms with Crippen molar-refractivity contribution in [3.05, 3.63) is 70.5 Å². The third-order valence-electron chi connectivity index (χ3n) is 6.98. The van der Waals surface area contributed by atoms with Crippen LogP contribution in [-0.2, 0) is 13.0 Å². The van der Waals surface area contributed by atoms with Crippen LogP contribution in [0.15, 0.2) is 42.5 Å². The van der Waals surface area contributed by atoms with Gasteiger partial charge < -0.3 is 9.80 Å². The van der Waals surface area contributed by atoms with Crippen LogP contribution >= 0.6 is 0 Å². The second-order valence-corrected chi connectivity index (χ2v) is 8.88. The normalized spacial score (nSPS) is 21.4. The number of fused-ring (bicyclic) bond motifs is 2. The number of rotatable bonds is 2. The maximum Gasteiger partial charge on any atom is 0.257 e. The lowest BCUT2D eigenvalue weighted by atomic mass is 9.95. The predicted molar refractivity (Wildman–Crippen MR) is 116 cm³/mol. The molecule has 0 aromatic heterocycles. The lowest BCUT2D eigenvalue weighted by Crippen LogP contribution is -2.56. The molecule has 3 aliphatic rings. The molecular weight excluding hydrogens is 393 g/mol. The summed E-state index contributed by atoms with van der Waals surface area (Å²) in [6.45, 7) is 4.70. The van der Waals surface area contributed by atoms with Crippen LogP contribution in [0.4, 0.5) is 4.39 Å². The molecule has 0 saturated carbocycles. The molecule has 0 N–H and O–H groups in total. The molecule has 2 saturated heterocycles. The largest absolute Gasteiger partial charge is 0.336 e. The molecule has 0 radical (unpaired) electrons. The predicted octanol–water partition coefficient (Wildman–Crippen LogP) is 3.33. The molecule has 1 atom stereocenters. The molecule has 0 bridgehead atoms. The zero-order chi connectivity index (χ0) is 21.4. The van der Waals surface area contributed by atoms with Crippen LogP contribution in [0.3, 0.4) is 0 Å². The highest BCUT2D eigenvalue weighted by molar-refractivity contribution is 5.95. The number of benzene rings is 2. The molecule has 6 heteroatoms. The SMILES string of the molecule is O=C(c1ccc2c(c1)CCN(C(=O)c1ccccc1F)C2)N1CCN2CCCCC2C1. The monoisotopic (exact) mass is 421 g/mol. The number of carbonyl (C=O) groups excluding carboxylic acids is 2. The van der Waals surface area contributed by atoms with E-state index in [2.05, 4.69) is 4.90 Å². The summed E-state index contributed by atoms with van der Waals surface area (Å²) in [7, 11) is 0. The van der Waals surface area contributed by atoms with Crippen LogP contribution in [0.1, 0.15) is 51.1 Å². The van der Waals surface area contributed by atoms with E-state index in [4.69, 9.17) is 0 Å². The van der Waals surface area contributed by atoms with Crippen LogP contribution in [0.2, 0.25) is 0 Å². The Balaban J connectivity index is 1.28. The van der Waals surface area contributed by atoms with Gasteiger partial charge in [-0.3, -0.25) is 14.5 Å². The van der Waals surface area contributed by atoms with Gasteiger partial charge in [-0.1, -0.05) is 24.6 Å². The Morgan fingerprint density at radius 2 is 1.74 bits per heavy atom. The van der Waals surface area contributed by atoms with Gasteiger partial charge in [0.2, 0.25) is 0 Å². The van der Waals surface area contributed by atoms with E-state index in [9.17, 15) is 14.0 Å². The minimum Gasteiger partial charge on any atom is -0.336 e. The molecule has 5 rings (SSSR count). The summed E-state index contributed by atoms with van der Waals surface area (Å²) in [5.41, 5.74) is 2.99. The fourth-order valence-corrected chi connectivity index (χ4v) is 5.19. The first-order valence-corrected chi connectivity index (χ1v) is 11.3. The molecule has 2 fully saturated rings. The number of nitrogens with zero attached hydrogens (tertiary/aromatic N) is 3. The van der Waals surface area contributed by atoms with E-state index >= 15 is 0 Å². The molecule has 162 valence electrons. The van der Waals surface area contributed by atoms with Crippen molar-refractivity contribution in [1.29, 1.82) is 0 Å². The molecule has 5 nitrogen and oxygen atoms in total. The fourth-order valence-electron chi connectivity index (χ4n) is 5.19. The molecule has 2 aromatic rings. The minimum atomic E-state index is -0.489. The van der Waals surface area contributed by atoms with Crippen molar-refractivity contribution < 1.29 is 14.0 Å². The smallest absolute Gasteiger partial charge is 0.257 e. The number of hydrogen-bond donors (Lipinski definition) is 0. The van der Waals surface area contributed by atoms with Crippen molar-refractivity contribution in [3.8, 4) is 0 Å². The molecular formula is C25H28FN3O2. The molecule has 2 amide bonds. The Kier molecular flexibility index (Phi) is 5.48. The number of hydrogen-bond acceptors (Lipinski definition) is 3. The summed E-state index contributed by atoms with van der Waals surface area (Å²) in [6, 6.07) is 12.4. The summed E-state index contributed by atoms with van der Waals surface area (Å²) >= 11 is 0. The van der Waals surface area contributed by atoms with Gasteiger partial charge in [-0.05, 0) is 61.2 Å². The average Bonchev–Trinajstić information content (AvgIpc) is 2.82. The first-order chi connectivity index (χ1) is 15.1. The van der Waals surface area contributed by atoms with E-state index in [0.717, 1.165) is 42.9 Å². The Morgan fingerprint density at radius 1 is 0.871 bits per heavy atom. The summed E-state index contributed by atoms with van der Waals surface area (Å²) in [5, 5.41) is 0. The average molecular weight is 422 g/mol. The highest BCUT2D eigenvalue weighted by Crippen LogP contribution is 2.25. The van der Waals surface area contributed by atoms with Gasteiger partial charge in [-0.2, -0.15) is 0 Å². The molecule has 31 heavy (non-hydrogen) atoms. The minimum absolute atomic E-state index is 0.109. The molecule has 0 spiro atoms. The van der Waals surface area contributed by atoms with Gasteiger partial charge in [-0.25, -0.2) is 4.39 Å². The van der Waals surface area contributed by atoms with Crippen LogP contribution in [0.25, 0.3) is 0 Å². The lowest BCUT2D eigenvalue weighted by molar-refractivity contribution is 0.0372. The van der Waals surface area contributed by atoms with Gasteiger partial charge in [-0.15, -0.1) is 0 Å². The first-order valence-electron chi connectivity index (χ1n) is 11.3. The van der Waals surface area contributed by atoms with Gasteiger partial charge in [0, 0.05) is 44.3 Å². The topological polar surface area (TPSA) is 43.9 Å². The number of halogens is 1. The van der Waals surface area contributed by atoms with Crippen molar-refractivity contribution in [3.63, 3.8) is 0 Å². The van der Waals surface area contributed by atoms with E-state index < -0.39 is 5.82 Å². The van der Waals surface area contributed by atoms with Crippen LogP contribution < -0.4 is 0 Å². The standard InChI is InChI=1S/C25H28FN3O2/c26-23-7-2-1-6-22(23)25(31)28-12-10-18-15-19(8-9-20(18)16-28)24(30)29-14-13-27-11-4-3-5-21(27)17-29/h1-2,6-9,15,21H,3-5,10-14,16-17H2. The molecule has 3 heterocycles. The zero-order valence-electron chi connectivity index (χ0n) is 17.7. The highest BCUT2D eigenvalue weighted by Gasteiger charge is 2.32. The number of carbonyl (C=O) groups is 2. The fraction of sp³-hybridized carbons (Fsp3) is 0.440. The maximum atomic E-state index is 14.0. The van der Waals surface area contributed by atoms with Gasteiger partial charge in [0.1, 0.15) is 5.82 Å². The van der Waals surface area contributed by atoms with Crippen molar-refractivity contribution in [2.24, 2.45) is 0 Å². The van der Waals surface area contributed by atoms with E-state index in [1.54, 1.807) is 17.0 Å². The second-order valence-electron chi connectivity index (χ2n) is 8.88. The summed E-state index contributed by atoms with van der Waals surface area (Å²) < 4.78 is 14.0. The second kappa shape index (κ2) is 8.42. The number of amides is 2. The summed E-state index contributed by atoms with van der Waals surface area (Å²) in [5.74, 6) is -0.663. The van der Waals surface area contributed by atoms with Gasteiger partial charge in [0.25, 0.3) is 11.8 Å². The van der Waals surface area contributed by atoms with Crippen LogP contribution in [0, 0.1) is 5.82 Å². The van der Waals surface area contributed by atoms with E-state index in [0.29, 0.717) is 25.6 Å². The lowest BCUT2D eigenvalue weighted by Gasteiger charge is -2.44. The van der Waals surface area contributed by atoms with E-state index in [-0.39, 0.29) is 17.4 Å².